The topological polar surface area (TPSA) is 52.6 Å². The number of para-hydroxylation sites is 1. The van der Waals surface area contributed by atoms with Gasteiger partial charge in [0, 0.05) is 5.56 Å². The van der Waals surface area contributed by atoms with Gasteiger partial charge < -0.3 is 9.47 Å². The second kappa shape index (κ2) is 6.79. The minimum absolute atomic E-state index is 0.0977. The van der Waals surface area contributed by atoms with Crippen molar-refractivity contribution >= 4 is 11.9 Å². The number of ether oxygens (including phenoxy) is 2. The Morgan fingerprint density at radius 1 is 1.28 bits per heavy atom. The van der Waals surface area contributed by atoms with Crippen LogP contribution in [0.4, 0.5) is 0 Å². The summed E-state index contributed by atoms with van der Waals surface area (Å²) < 4.78 is 9.90. The lowest BCUT2D eigenvalue weighted by Gasteiger charge is -2.12. The van der Waals surface area contributed by atoms with Crippen molar-refractivity contribution in [3.8, 4) is 5.75 Å². The van der Waals surface area contributed by atoms with Gasteiger partial charge in [-0.15, -0.1) is 0 Å². The first-order valence-corrected chi connectivity index (χ1v) is 5.94. The van der Waals surface area contributed by atoms with Gasteiger partial charge in [-0.1, -0.05) is 32.0 Å². The van der Waals surface area contributed by atoms with Crippen LogP contribution >= 0.6 is 0 Å². The number of hydrogen-bond donors (Lipinski definition) is 0. The van der Waals surface area contributed by atoms with Crippen molar-refractivity contribution in [1.82, 2.24) is 0 Å². The molecule has 4 heteroatoms. The van der Waals surface area contributed by atoms with Gasteiger partial charge in [0.05, 0.1) is 19.4 Å². The third-order valence-corrected chi connectivity index (χ3v) is 2.76. The Kier molecular flexibility index (Phi) is 5.36. The molecule has 0 N–H and O–H groups in total. The molecular weight excluding hydrogens is 232 g/mol. The standard InChI is InChI=1S/C14H18O4/c1-4-10(2)14(16)18-12-8-6-5-7-11(12)9-13(15)17-3/h5-8,10H,4,9H2,1-3H3/t10-/m0/s1. The van der Waals surface area contributed by atoms with E-state index in [1.54, 1.807) is 24.3 Å². The molecule has 0 aliphatic heterocycles. The Balaban J connectivity index is 2.82. The first kappa shape index (κ1) is 14.2. The number of benzene rings is 1. The highest BCUT2D eigenvalue weighted by molar-refractivity contribution is 5.77. The average Bonchev–Trinajstić information content (AvgIpc) is 2.39. The van der Waals surface area contributed by atoms with Crippen LogP contribution in [0.1, 0.15) is 25.8 Å². The molecule has 0 saturated carbocycles. The van der Waals surface area contributed by atoms with E-state index in [1.165, 1.54) is 7.11 Å². The second-order valence-corrected chi connectivity index (χ2v) is 4.09. The molecule has 1 aromatic rings. The van der Waals surface area contributed by atoms with Crippen molar-refractivity contribution in [3.05, 3.63) is 29.8 Å². The molecule has 0 spiro atoms. The molecule has 1 aromatic carbocycles. The predicted octanol–water partition coefficient (Wildman–Crippen LogP) is 2.35. The van der Waals surface area contributed by atoms with E-state index in [0.29, 0.717) is 11.3 Å². The van der Waals surface area contributed by atoms with Crippen LogP contribution in [-0.4, -0.2) is 19.0 Å². The quantitative estimate of drug-likeness (QED) is 0.594. The molecule has 0 aliphatic rings. The van der Waals surface area contributed by atoms with Crippen LogP contribution in [0.5, 0.6) is 5.75 Å². The molecule has 0 fully saturated rings. The summed E-state index contributed by atoms with van der Waals surface area (Å²) >= 11 is 0. The Morgan fingerprint density at radius 3 is 2.56 bits per heavy atom. The third kappa shape index (κ3) is 3.87. The van der Waals surface area contributed by atoms with Gasteiger partial charge in [0.1, 0.15) is 5.75 Å². The molecule has 0 unspecified atom stereocenters. The van der Waals surface area contributed by atoms with E-state index < -0.39 is 0 Å². The maximum Gasteiger partial charge on any atom is 0.314 e. The van der Waals surface area contributed by atoms with Gasteiger partial charge >= 0.3 is 11.9 Å². The molecule has 98 valence electrons. The van der Waals surface area contributed by atoms with Gasteiger partial charge in [0.25, 0.3) is 0 Å². The summed E-state index contributed by atoms with van der Waals surface area (Å²) in [6.45, 7) is 3.73. The number of methoxy groups -OCH3 is 1. The van der Waals surface area contributed by atoms with Gasteiger partial charge in [0.15, 0.2) is 0 Å². The Morgan fingerprint density at radius 2 is 1.94 bits per heavy atom. The molecule has 0 heterocycles. The van der Waals surface area contributed by atoms with Crippen molar-refractivity contribution in [2.45, 2.75) is 26.7 Å². The normalized spacial score (nSPS) is 11.7. The van der Waals surface area contributed by atoms with Crippen LogP contribution in [0, 0.1) is 5.92 Å². The number of rotatable bonds is 5. The smallest absolute Gasteiger partial charge is 0.314 e. The summed E-state index contributed by atoms with van der Waals surface area (Å²) in [4.78, 5) is 23.0. The Labute approximate surface area is 107 Å². The number of carbonyl (C=O) groups is 2. The summed E-state index contributed by atoms with van der Waals surface area (Å²) in [5.41, 5.74) is 0.654. The lowest BCUT2D eigenvalue weighted by Crippen LogP contribution is -2.18. The van der Waals surface area contributed by atoms with Gasteiger partial charge in [-0.3, -0.25) is 9.59 Å². The van der Waals surface area contributed by atoms with E-state index in [9.17, 15) is 9.59 Å². The summed E-state index contributed by atoms with van der Waals surface area (Å²) in [5, 5.41) is 0. The van der Waals surface area contributed by atoms with Crippen LogP contribution in [0.3, 0.4) is 0 Å². The van der Waals surface area contributed by atoms with Crippen LogP contribution in [0.15, 0.2) is 24.3 Å². The highest BCUT2D eigenvalue weighted by Crippen LogP contribution is 2.20. The van der Waals surface area contributed by atoms with E-state index in [1.807, 2.05) is 13.8 Å². The van der Waals surface area contributed by atoms with E-state index >= 15 is 0 Å². The molecular formula is C14H18O4. The molecule has 0 amide bonds. The van der Waals surface area contributed by atoms with Crippen molar-refractivity contribution in [2.75, 3.05) is 7.11 Å². The van der Waals surface area contributed by atoms with Gasteiger partial charge in [-0.25, -0.2) is 0 Å². The predicted molar refractivity (Wildman–Crippen MR) is 67.3 cm³/mol. The van der Waals surface area contributed by atoms with Gasteiger partial charge in [-0.05, 0) is 12.5 Å². The molecule has 1 atom stereocenters. The summed E-state index contributed by atoms with van der Waals surface area (Å²) in [5.74, 6) is -0.374. The summed E-state index contributed by atoms with van der Waals surface area (Å²) in [6.07, 6.45) is 0.818. The first-order valence-electron chi connectivity index (χ1n) is 5.94. The van der Waals surface area contributed by atoms with E-state index in [0.717, 1.165) is 6.42 Å². The fourth-order valence-corrected chi connectivity index (χ4v) is 1.35. The molecule has 18 heavy (non-hydrogen) atoms. The molecule has 0 aliphatic carbocycles. The van der Waals surface area contributed by atoms with Crippen LogP contribution in [0.2, 0.25) is 0 Å². The average molecular weight is 250 g/mol. The number of esters is 2. The lowest BCUT2D eigenvalue weighted by molar-refractivity contribution is -0.141. The zero-order valence-electron chi connectivity index (χ0n) is 10.9. The maximum absolute atomic E-state index is 11.7. The highest BCUT2D eigenvalue weighted by atomic mass is 16.5. The fraction of sp³-hybridized carbons (Fsp3) is 0.429. The zero-order valence-corrected chi connectivity index (χ0v) is 10.9. The highest BCUT2D eigenvalue weighted by Gasteiger charge is 2.16. The first-order chi connectivity index (χ1) is 8.58. The molecule has 0 radical (unpaired) electrons. The Hall–Kier alpha value is -1.84. The van der Waals surface area contributed by atoms with Crippen LogP contribution < -0.4 is 4.74 Å². The number of carbonyl (C=O) groups excluding carboxylic acids is 2. The summed E-state index contributed by atoms with van der Waals surface area (Å²) in [6, 6.07) is 6.98. The third-order valence-electron chi connectivity index (χ3n) is 2.76. The van der Waals surface area contributed by atoms with Crippen molar-refractivity contribution in [3.63, 3.8) is 0 Å². The van der Waals surface area contributed by atoms with Gasteiger partial charge in [-0.2, -0.15) is 0 Å². The SMILES string of the molecule is CC[C@H](C)C(=O)Oc1ccccc1CC(=O)OC. The van der Waals surface area contributed by atoms with E-state index in [4.69, 9.17) is 4.74 Å². The van der Waals surface area contributed by atoms with Crippen molar-refractivity contribution in [2.24, 2.45) is 5.92 Å². The van der Waals surface area contributed by atoms with Crippen molar-refractivity contribution < 1.29 is 19.1 Å². The summed E-state index contributed by atoms with van der Waals surface area (Å²) in [7, 11) is 1.33. The van der Waals surface area contributed by atoms with E-state index in [2.05, 4.69) is 4.74 Å². The minimum Gasteiger partial charge on any atom is -0.469 e. The van der Waals surface area contributed by atoms with Crippen LogP contribution in [-0.2, 0) is 20.7 Å². The lowest BCUT2D eigenvalue weighted by atomic mass is 10.1. The molecule has 0 aromatic heterocycles. The second-order valence-electron chi connectivity index (χ2n) is 4.09. The molecule has 0 bridgehead atoms. The van der Waals surface area contributed by atoms with Gasteiger partial charge in [0.2, 0.25) is 0 Å². The molecule has 4 nitrogen and oxygen atoms in total. The maximum atomic E-state index is 11.7. The fourth-order valence-electron chi connectivity index (χ4n) is 1.35. The largest absolute Gasteiger partial charge is 0.469 e. The monoisotopic (exact) mass is 250 g/mol. The molecule has 1 rings (SSSR count). The zero-order chi connectivity index (χ0) is 13.5. The van der Waals surface area contributed by atoms with Crippen LogP contribution in [0.25, 0.3) is 0 Å². The number of hydrogen-bond acceptors (Lipinski definition) is 4. The van der Waals surface area contributed by atoms with Crippen molar-refractivity contribution in [1.29, 1.82) is 0 Å². The molecule has 0 saturated heterocycles. The Bertz CT molecular complexity index is 426. The minimum atomic E-state index is -0.359. The van der Waals surface area contributed by atoms with E-state index in [-0.39, 0.29) is 24.3 Å².